The smallest absolute Gasteiger partial charge is 0.125 e. The summed E-state index contributed by atoms with van der Waals surface area (Å²) in [5, 5.41) is 19.2. The molecule has 6 rings (SSSR count). The molecule has 4 aromatic carbocycles. The van der Waals surface area contributed by atoms with Gasteiger partial charge in [0.2, 0.25) is 0 Å². The van der Waals surface area contributed by atoms with Gasteiger partial charge < -0.3 is 19.3 Å². The largest absolute Gasteiger partial charge is 0.493 e. The molecule has 0 saturated heterocycles. The van der Waals surface area contributed by atoms with Crippen molar-refractivity contribution in [2.75, 3.05) is 29.7 Å². The minimum atomic E-state index is 0.768. The van der Waals surface area contributed by atoms with E-state index in [0.29, 0.717) is 0 Å². The lowest BCUT2D eigenvalue weighted by Crippen LogP contribution is -2.46. The Morgan fingerprint density at radius 1 is 0.325 bits per heavy atom. The zero-order chi connectivity index (χ0) is 54.5. The summed E-state index contributed by atoms with van der Waals surface area (Å²) in [5.41, 5.74) is 15.4. The monoisotopic (exact) mass is 1050 g/mol. The van der Waals surface area contributed by atoms with Gasteiger partial charge in [-0.3, -0.25) is 0 Å². The number of hydrogen-bond acceptors (Lipinski definition) is 8. The SMILES string of the molecule is CCCCCCCCCCCCCCCCCCOc1c(C)cc(N=Nc2cc3c(cc2C)CN2CN3Cc3cc(C)c(N=Nc4cc(C)c(OCCCCCCCCCCCCCCCCCC)c(C)c4)cc32)cc1C. The van der Waals surface area contributed by atoms with Gasteiger partial charge in [0, 0.05) is 24.5 Å². The summed E-state index contributed by atoms with van der Waals surface area (Å²) in [6.45, 7) is 21.4. The van der Waals surface area contributed by atoms with Crippen LogP contribution in [0.15, 0.2) is 69.0 Å². The minimum Gasteiger partial charge on any atom is -0.493 e. The topological polar surface area (TPSA) is 74.4 Å². The van der Waals surface area contributed by atoms with E-state index in [1.165, 1.54) is 215 Å². The summed E-state index contributed by atoms with van der Waals surface area (Å²) in [7, 11) is 0. The van der Waals surface area contributed by atoms with Crippen molar-refractivity contribution in [2.24, 2.45) is 20.5 Å². The van der Waals surface area contributed by atoms with Crippen molar-refractivity contribution in [3.8, 4) is 11.5 Å². The van der Waals surface area contributed by atoms with Crippen molar-refractivity contribution in [2.45, 2.75) is 274 Å². The molecule has 0 aliphatic carbocycles. The van der Waals surface area contributed by atoms with Crippen LogP contribution in [0.2, 0.25) is 0 Å². The first-order valence-corrected chi connectivity index (χ1v) is 31.7. The molecule has 0 aromatic heterocycles. The molecule has 0 unspecified atom stereocenters. The number of benzene rings is 4. The first-order valence-electron chi connectivity index (χ1n) is 31.7. The molecule has 424 valence electrons. The van der Waals surface area contributed by atoms with Gasteiger partial charge in [0.15, 0.2) is 0 Å². The molecule has 0 radical (unpaired) electrons. The van der Waals surface area contributed by atoms with E-state index in [1.807, 2.05) is 0 Å². The number of ether oxygens (including phenoxy) is 2. The summed E-state index contributed by atoms with van der Waals surface area (Å²) in [5.74, 6) is 1.98. The number of fused-ring (bicyclic) bond motifs is 6. The van der Waals surface area contributed by atoms with Crippen LogP contribution in [0.5, 0.6) is 11.5 Å². The third kappa shape index (κ3) is 21.1. The van der Waals surface area contributed by atoms with E-state index in [9.17, 15) is 0 Å². The van der Waals surface area contributed by atoms with Crippen LogP contribution in [0.3, 0.4) is 0 Å². The predicted molar refractivity (Wildman–Crippen MR) is 330 cm³/mol. The molecule has 8 nitrogen and oxygen atoms in total. The van der Waals surface area contributed by atoms with E-state index in [1.54, 1.807) is 0 Å². The number of nitrogens with zero attached hydrogens (tertiary/aromatic N) is 6. The van der Waals surface area contributed by atoms with Crippen molar-refractivity contribution in [1.82, 2.24) is 0 Å². The lowest BCUT2D eigenvalue weighted by Gasteiger charge is -2.45. The number of aryl methyl sites for hydroxylation is 6. The van der Waals surface area contributed by atoms with Crippen LogP contribution < -0.4 is 19.3 Å². The first-order chi connectivity index (χ1) is 37.6. The van der Waals surface area contributed by atoms with Gasteiger partial charge in [0.1, 0.15) is 11.5 Å². The average Bonchev–Trinajstić information content (AvgIpc) is 3.48. The van der Waals surface area contributed by atoms with Crippen LogP contribution in [0.25, 0.3) is 0 Å². The van der Waals surface area contributed by atoms with Crippen molar-refractivity contribution < 1.29 is 9.47 Å². The lowest BCUT2D eigenvalue weighted by atomic mass is 9.98. The normalized spacial score (nSPS) is 13.1. The fraction of sp³-hybridized carbons (Fsp3) is 0.652. The summed E-state index contributed by atoms with van der Waals surface area (Å²) < 4.78 is 12.7. The van der Waals surface area contributed by atoms with Gasteiger partial charge in [-0.05, 0) is 135 Å². The Hall–Kier alpha value is -4.72. The average molecular weight is 1050 g/mol. The molecule has 0 N–H and O–H groups in total. The third-order valence-corrected chi connectivity index (χ3v) is 16.5. The molecule has 77 heavy (non-hydrogen) atoms. The zero-order valence-electron chi connectivity index (χ0n) is 50.3. The Morgan fingerprint density at radius 3 is 0.883 bits per heavy atom. The Labute approximate surface area is 470 Å². The first kappa shape index (κ1) is 61.5. The van der Waals surface area contributed by atoms with Gasteiger partial charge in [0.05, 0.1) is 42.6 Å². The number of azo groups is 2. The van der Waals surface area contributed by atoms with E-state index < -0.39 is 0 Å². The molecule has 0 amide bonds. The van der Waals surface area contributed by atoms with Crippen LogP contribution in [-0.4, -0.2) is 19.9 Å². The molecule has 0 atom stereocenters. The Morgan fingerprint density at radius 2 is 0.597 bits per heavy atom. The van der Waals surface area contributed by atoms with Crippen molar-refractivity contribution in [3.63, 3.8) is 0 Å². The molecule has 0 spiro atoms. The molecular formula is C69H106N6O2. The van der Waals surface area contributed by atoms with Gasteiger partial charge in [-0.25, -0.2) is 0 Å². The van der Waals surface area contributed by atoms with Gasteiger partial charge in [-0.1, -0.05) is 219 Å². The van der Waals surface area contributed by atoms with Crippen LogP contribution in [0, 0.1) is 41.5 Å². The number of anilines is 2. The van der Waals surface area contributed by atoms with Crippen LogP contribution in [-0.2, 0) is 13.1 Å². The zero-order valence-corrected chi connectivity index (χ0v) is 50.3. The molecule has 8 heteroatoms. The molecule has 2 aliphatic rings. The highest BCUT2D eigenvalue weighted by Gasteiger charge is 2.31. The standard InChI is InChI=1S/C69H106N6O2/c1-9-11-13-15-17-19-21-23-25-27-29-31-33-35-37-39-41-76-68-56(5)45-62(46-57(68)6)70-72-64-49-66-60(43-54(64)3)51-75-53-74(66)52-61-44-55(4)65(50-67(61)75)73-71-63-47-58(7)69(59(8)48-63)77-42-40-38-36-34-32-30-28-26-24-22-20-18-16-14-12-10-2/h43-50H,9-42,51-53H2,1-8H3. The Bertz CT molecular complexity index is 2190. The summed E-state index contributed by atoms with van der Waals surface area (Å²) in [6.07, 6.45) is 44.0. The quantitative estimate of drug-likeness (QED) is 0.0329. The number of unbranched alkanes of at least 4 members (excludes halogenated alkanes) is 30. The van der Waals surface area contributed by atoms with Crippen molar-refractivity contribution in [1.29, 1.82) is 0 Å². The van der Waals surface area contributed by atoms with Gasteiger partial charge in [-0.2, -0.15) is 20.5 Å². The summed E-state index contributed by atoms with van der Waals surface area (Å²) >= 11 is 0. The molecule has 0 saturated carbocycles. The minimum absolute atomic E-state index is 0.768. The second-order valence-electron chi connectivity index (χ2n) is 23.6. The fourth-order valence-corrected chi connectivity index (χ4v) is 11.9. The van der Waals surface area contributed by atoms with E-state index in [2.05, 4.69) is 114 Å². The number of hydrogen-bond donors (Lipinski definition) is 0. The van der Waals surface area contributed by atoms with E-state index in [4.69, 9.17) is 29.9 Å². The highest BCUT2D eigenvalue weighted by Crippen LogP contribution is 2.43. The lowest BCUT2D eigenvalue weighted by molar-refractivity contribution is 0.300. The second kappa shape index (κ2) is 35.0. The molecular weight excluding hydrogens is 945 g/mol. The highest BCUT2D eigenvalue weighted by atomic mass is 16.5. The van der Waals surface area contributed by atoms with E-state index in [0.717, 1.165) is 113 Å². The van der Waals surface area contributed by atoms with Gasteiger partial charge in [-0.15, -0.1) is 0 Å². The van der Waals surface area contributed by atoms with Gasteiger partial charge >= 0.3 is 0 Å². The van der Waals surface area contributed by atoms with Crippen LogP contribution in [0.4, 0.5) is 34.1 Å². The summed E-state index contributed by atoms with van der Waals surface area (Å²) in [6, 6.07) is 17.5. The Balaban J connectivity index is 0.895. The second-order valence-corrected chi connectivity index (χ2v) is 23.6. The van der Waals surface area contributed by atoms with Gasteiger partial charge in [0.25, 0.3) is 0 Å². The maximum atomic E-state index is 6.35. The summed E-state index contributed by atoms with van der Waals surface area (Å²) in [4.78, 5) is 4.94. The maximum absolute atomic E-state index is 6.35. The maximum Gasteiger partial charge on any atom is 0.125 e. The predicted octanol–water partition coefficient (Wildman–Crippen LogP) is 22.9. The molecule has 2 bridgehead atoms. The third-order valence-electron chi connectivity index (χ3n) is 16.5. The molecule has 2 heterocycles. The molecule has 4 aromatic rings. The van der Waals surface area contributed by atoms with Crippen molar-refractivity contribution >= 4 is 34.1 Å². The van der Waals surface area contributed by atoms with Crippen LogP contribution >= 0.6 is 0 Å². The van der Waals surface area contributed by atoms with Crippen LogP contribution in [0.1, 0.15) is 264 Å². The molecule has 2 aliphatic heterocycles. The number of rotatable bonds is 40. The van der Waals surface area contributed by atoms with E-state index in [-0.39, 0.29) is 0 Å². The molecule has 0 fully saturated rings. The van der Waals surface area contributed by atoms with E-state index >= 15 is 0 Å². The van der Waals surface area contributed by atoms with Crippen molar-refractivity contribution in [3.05, 3.63) is 93.0 Å². The Kier molecular flexibility index (Phi) is 28.0. The highest BCUT2D eigenvalue weighted by molar-refractivity contribution is 5.74. The fourth-order valence-electron chi connectivity index (χ4n) is 11.9.